The van der Waals surface area contributed by atoms with Crippen LogP contribution < -0.4 is 0 Å². The van der Waals surface area contributed by atoms with E-state index in [-0.39, 0.29) is 0 Å². The topological polar surface area (TPSA) is 44.5 Å². The van der Waals surface area contributed by atoms with Crippen molar-refractivity contribution in [3.63, 3.8) is 0 Å². The molecule has 1 fully saturated rings. The average molecular weight is 145 g/mol. The molecule has 58 valence electrons. The molecule has 1 aliphatic rings. The van der Waals surface area contributed by atoms with Gasteiger partial charge in [0.1, 0.15) is 13.3 Å². The van der Waals surface area contributed by atoms with Gasteiger partial charge in [0, 0.05) is 0 Å². The third kappa shape index (κ3) is 1.46. The SMILES string of the molecule is C=[N+]([O-])[C@H]1COC(C)(C)O1. The fourth-order valence-corrected chi connectivity index (χ4v) is 0.810. The second-order valence-corrected chi connectivity index (χ2v) is 2.70. The first-order chi connectivity index (χ1) is 4.51. The molecule has 1 rings (SSSR count). The van der Waals surface area contributed by atoms with E-state index in [1.807, 2.05) is 0 Å². The predicted octanol–water partition coefficient (Wildman–Crippen LogP) is 0.306. The van der Waals surface area contributed by atoms with E-state index in [0.717, 1.165) is 0 Å². The van der Waals surface area contributed by atoms with Crippen molar-refractivity contribution in [3.05, 3.63) is 5.21 Å². The van der Waals surface area contributed by atoms with Crippen LogP contribution in [0.4, 0.5) is 0 Å². The Balaban J connectivity index is 2.51. The highest BCUT2D eigenvalue weighted by Gasteiger charge is 2.36. The van der Waals surface area contributed by atoms with Crippen LogP contribution in [0.1, 0.15) is 13.8 Å². The fraction of sp³-hybridized carbons (Fsp3) is 0.833. The monoisotopic (exact) mass is 145 g/mol. The van der Waals surface area contributed by atoms with E-state index >= 15 is 0 Å². The number of ether oxygens (including phenoxy) is 2. The quantitative estimate of drug-likeness (QED) is 0.231. The molecule has 0 aliphatic carbocycles. The zero-order valence-electron chi connectivity index (χ0n) is 6.16. The number of hydrogen-bond acceptors (Lipinski definition) is 3. The molecule has 0 unspecified atom stereocenters. The summed E-state index contributed by atoms with van der Waals surface area (Å²) in [6.07, 6.45) is -0.546. The minimum Gasteiger partial charge on any atom is -0.622 e. The summed E-state index contributed by atoms with van der Waals surface area (Å²) in [4.78, 5) is 0. The van der Waals surface area contributed by atoms with E-state index in [4.69, 9.17) is 9.47 Å². The zero-order chi connectivity index (χ0) is 7.78. The van der Waals surface area contributed by atoms with Gasteiger partial charge in [-0.2, -0.15) is 4.74 Å². The van der Waals surface area contributed by atoms with Crippen molar-refractivity contribution in [2.75, 3.05) is 6.61 Å². The van der Waals surface area contributed by atoms with Gasteiger partial charge in [-0.25, -0.2) is 0 Å². The maximum absolute atomic E-state index is 10.5. The first-order valence-corrected chi connectivity index (χ1v) is 3.10. The van der Waals surface area contributed by atoms with Crippen LogP contribution in [0.2, 0.25) is 0 Å². The van der Waals surface area contributed by atoms with Crippen LogP contribution in [0.15, 0.2) is 0 Å². The second kappa shape index (κ2) is 2.21. The van der Waals surface area contributed by atoms with Crippen LogP contribution >= 0.6 is 0 Å². The number of rotatable bonds is 1. The van der Waals surface area contributed by atoms with Crippen LogP contribution in [-0.2, 0) is 9.47 Å². The van der Waals surface area contributed by atoms with E-state index < -0.39 is 12.0 Å². The predicted molar refractivity (Wildman–Crippen MR) is 35.7 cm³/mol. The lowest BCUT2D eigenvalue weighted by Crippen LogP contribution is -2.26. The number of hydrogen-bond donors (Lipinski definition) is 0. The number of nitrogens with zero attached hydrogens (tertiary/aromatic N) is 1. The Morgan fingerprint density at radius 3 is 2.50 bits per heavy atom. The molecule has 10 heavy (non-hydrogen) atoms. The first kappa shape index (κ1) is 7.50. The molecule has 1 aliphatic heterocycles. The zero-order valence-corrected chi connectivity index (χ0v) is 6.16. The van der Waals surface area contributed by atoms with Crippen molar-refractivity contribution in [3.8, 4) is 0 Å². The van der Waals surface area contributed by atoms with E-state index in [1.165, 1.54) is 0 Å². The summed E-state index contributed by atoms with van der Waals surface area (Å²) in [6, 6.07) is 0. The molecule has 0 aromatic rings. The molecule has 0 N–H and O–H groups in total. The lowest BCUT2D eigenvalue weighted by molar-refractivity contribution is -0.545. The maximum Gasteiger partial charge on any atom is 0.293 e. The Bertz CT molecular complexity index is 155. The first-order valence-electron chi connectivity index (χ1n) is 3.10. The molecule has 1 heterocycles. The highest BCUT2D eigenvalue weighted by Crippen LogP contribution is 2.21. The van der Waals surface area contributed by atoms with E-state index in [9.17, 15) is 5.21 Å². The highest BCUT2D eigenvalue weighted by molar-refractivity contribution is 5.14. The molecule has 0 saturated carbocycles. The highest BCUT2D eigenvalue weighted by atomic mass is 16.8. The third-order valence-electron chi connectivity index (χ3n) is 1.31. The van der Waals surface area contributed by atoms with Gasteiger partial charge in [0.2, 0.25) is 0 Å². The van der Waals surface area contributed by atoms with Gasteiger partial charge in [0.25, 0.3) is 6.23 Å². The lowest BCUT2D eigenvalue weighted by atomic mass is 10.4. The Hall–Kier alpha value is -0.610. The van der Waals surface area contributed by atoms with Gasteiger partial charge < -0.3 is 9.94 Å². The van der Waals surface area contributed by atoms with Gasteiger partial charge >= 0.3 is 0 Å². The molecule has 1 saturated heterocycles. The van der Waals surface area contributed by atoms with Crippen molar-refractivity contribution in [1.29, 1.82) is 0 Å². The van der Waals surface area contributed by atoms with Crippen LogP contribution in [0.5, 0.6) is 0 Å². The molecular formula is C6H11NO3. The van der Waals surface area contributed by atoms with Crippen molar-refractivity contribution < 1.29 is 14.2 Å². The summed E-state index contributed by atoms with van der Waals surface area (Å²) >= 11 is 0. The molecule has 4 nitrogen and oxygen atoms in total. The van der Waals surface area contributed by atoms with E-state index in [2.05, 4.69) is 6.72 Å². The van der Waals surface area contributed by atoms with Crippen LogP contribution in [0, 0.1) is 5.21 Å². The summed E-state index contributed by atoms with van der Waals surface area (Å²) in [6.45, 7) is 6.97. The Kier molecular flexibility index (Phi) is 1.66. The van der Waals surface area contributed by atoms with E-state index in [1.54, 1.807) is 13.8 Å². The van der Waals surface area contributed by atoms with Crippen molar-refractivity contribution >= 4 is 6.72 Å². The molecule has 0 amide bonds. The van der Waals surface area contributed by atoms with Crippen LogP contribution in [-0.4, -0.2) is 30.1 Å². The fourth-order valence-electron chi connectivity index (χ4n) is 0.810. The Labute approximate surface area is 59.6 Å². The molecule has 0 aromatic carbocycles. The molecule has 1 atom stereocenters. The summed E-state index contributed by atoms with van der Waals surface area (Å²) < 4.78 is 10.8. The lowest BCUT2D eigenvalue weighted by Gasteiger charge is -2.15. The molecule has 4 heteroatoms. The van der Waals surface area contributed by atoms with Crippen molar-refractivity contribution in [1.82, 2.24) is 0 Å². The maximum atomic E-state index is 10.5. The van der Waals surface area contributed by atoms with Gasteiger partial charge in [0.05, 0.1) is 0 Å². The van der Waals surface area contributed by atoms with Gasteiger partial charge in [-0.05, 0) is 13.8 Å². The van der Waals surface area contributed by atoms with Gasteiger partial charge in [0.15, 0.2) is 5.79 Å². The van der Waals surface area contributed by atoms with Gasteiger partial charge in [-0.3, -0.25) is 4.74 Å². The van der Waals surface area contributed by atoms with E-state index in [0.29, 0.717) is 11.3 Å². The molecule has 0 radical (unpaired) electrons. The standard InChI is InChI=1S/C6H11NO3/c1-6(2)9-4-5(10-6)7(3)8/h5H,3-4H2,1-2H3/t5-/m1/s1. The second-order valence-electron chi connectivity index (χ2n) is 2.70. The molecule has 0 bridgehead atoms. The summed E-state index contributed by atoms with van der Waals surface area (Å²) in [7, 11) is 0. The molecule has 0 spiro atoms. The van der Waals surface area contributed by atoms with Crippen molar-refractivity contribution in [2.24, 2.45) is 0 Å². The van der Waals surface area contributed by atoms with Gasteiger partial charge in [-0.1, -0.05) is 0 Å². The Morgan fingerprint density at radius 2 is 2.30 bits per heavy atom. The summed E-state index contributed by atoms with van der Waals surface area (Å²) in [5.74, 6) is -0.634. The minimum absolute atomic E-state index is 0.292. The summed E-state index contributed by atoms with van der Waals surface area (Å²) in [5, 5.41) is 10.5. The Morgan fingerprint density at radius 1 is 1.70 bits per heavy atom. The van der Waals surface area contributed by atoms with Gasteiger partial charge in [-0.15, -0.1) is 0 Å². The molecular weight excluding hydrogens is 134 g/mol. The number of hydroxylamine groups is 1. The normalized spacial score (nSPS) is 30.4. The van der Waals surface area contributed by atoms with Crippen molar-refractivity contribution in [2.45, 2.75) is 25.9 Å². The molecule has 0 aromatic heterocycles. The van der Waals surface area contributed by atoms with Crippen LogP contribution in [0.25, 0.3) is 0 Å². The largest absolute Gasteiger partial charge is 0.622 e. The average Bonchev–Trinajstić information content (AvgIpc) is 2.10. The smallest absolute Gasteiger partial charge is 0.293 e. The minimum atomic E-state index is -0.634. The van der Waals surface area contributed by atoms with Crippen LogP contribution in [0.3, 0.4) is 0 Å². The summed E-state index contributed by atoms with van der Waals surface area (Å²) in [5.41, 5.74) is 0. The third-order valence-corrected chi connectivity index (χ3v) is 1.31.